The van der Waals surface area contributed by atoms with Crippen LogP contribution in [0.2, 0.25) is 5.02 Å². The van der Waals surface area contributed by atoms with Crippen molar-refractivity contribution in [3.05, 3.63) is 47.5 Å². The van der Waals surface area contributed by atoms with Crippen molar-refractivity contribution in [3.8, 4) is 11.4 Å². The number of halogens is 1. The van der Waals surface area contributed by atoms with E-state index in [1.807, 2.05) is 23.9 Å². The van der Waals surface area contributed by atoms with E-state index in [1.54, 1.807) is 0 Å². The number of hydrogen-bond donors (Lipinski definition) is 0. The van der Waals surface area contributed by atoms with E-state index in [0.717, 1.165) is 40.6 Å². The van der Waals surface area contributed by atoms with Gasteiger partial charge in [-0.25, -0.2) is 4.98 Å². The van der Waals surface area contributed by atoms with Crippen LogP contribution in [0.1, 0.15) is 33.1 Å². The quantitative estimate of drug-likeness (QED) is 0.439. The topological polar surface area (TPSA) is 17.8 Å². The monoisotopic (exact) mass is 358 g/mol. The molecule has 2 aromatic carbocycles. The van der Waals surface area contributed by atoms with E-state index in [2.05, 4.69) is 48.7 Å². The van der Waals surface area contributed by atoms with Gasteiger partial charge in [-0.05, 0) is 61.1 Å². The van der Waals surface area contributed by atoms with Gasteiger partial charge in [0.25, 0.3) is 0 Å². The van der Waals surface area contributed by atoms with Crippen molar-refractivity contribution in [2.75, 3.05) is 5.75 Å². The molecule has 0 aliphatic rings. The van der Waals surface area contributed by atoms with Gasteiger partial charge in [0.05, 0.1) is 11.0 Å². The first-order chi connectivity index (χ1) is 11.7. The van der Waals surface area contributed by atoms with E-state index in [4.69, 9.17) is 16.6 Å². The third-order valence-electron chi connectivity index (χ3n) is 4.03. The second-order valence-electron chi connectivity index (χ2n) is 5.95. The smallest absolute Gasteiger partial charge is 0.141 e. The number of aromatic nitrogens is 2. The van der Waals surface area contributed by atoms with Crippen LogP contribution >= 0.6 is 23.4 Å². The fraction of sp³-hybridized carbons (Fsp3) is 0.350. The Kier molecular flexibility index (Phi) is 5.85. The summed E-state index contributed by atoms with van der Waals surface area (Å²) in [5, 5.41) is 0.758. The highest BCUT2D eigenvalue weighted by Crippen LogP contribution is 2.29. The molecule has 1 aromatic heterocycles. The average Bonchev–Trinajstić information content (AvgIpc) is 2.96. The number of hydrogen-bond acceptors (Lipinski definition) is 2. The van der Waals surface area contributed by atoms with Crippen LogP contribution in [0.3, 0.4) is 0 Å². The molecule has 3 rings (SSSR count). The normalized spacial score (nSPS) is 11.3. The van der Waals surface area contributed by atoms with Gasteiger partial charge in [-0.1, -0.05) is 31.9 Å². The van der Waals surface area contributed by atoms with Gasteiger partial charge in [0.2, 0.25) is 0 Å². The largest absolute Gasteiger partial charge is 0.324 e. The molecular formula is C20H23ClN2S. The van der Waals surface area contributed by atoms with Crippen LogP contribution in [-0.2, 0) is 6.54 Å². The summed E-state index contributed by atoms with van der Waals surface area (Å²) in [6.07, 6.45) is 3.51. The minimum absolute atomic E-state index is 0.758. The van der Waals surface area contributed by atoms with Crippen molar-refractivity contribution in [2.24, 2.45) is 0 Å². The molecule has 4 heteroatoms. The molecule has 0 aliphatic carbocycles. The van der Waals surface area contributed by atoms with Crippen molar-refractivity contribution in [3.63, 3.8) is 0 Å². The number of unbranched alkanes of at least 4 members (excludes halogenated alkanes) is 1. The van der Waals surface area contributed by atoms with Gasteiger partial charge in [0, 0.05) is 22.0 Å². The first kappa shape index (κ1) is 17.4. The van der Waals surface area contributed by atoms with Gasteiger partial charge in [0.15, 0.2) is 0 Å². The Bertz CT molecular complexity index is 808. The Morgan fingerprint density at radius 1 is 1.04 bits per heavy atom. The average molecular weight is 359 g/mol. The number of imidazole rings is 1. The molecule has 24 heavy (non-hydrogen) atoms. The lowest BCUT2D eigenvalue weighted by Crippen LogP contribution is -2.00. The first-order valence-electron chi connectivity index (χ1n) is 8.62. The molecule has 0 atom stereocenters. The molecule has 0 bridgehead atoms. The summed E-state index contributed by atoms with van der Waals surface area (Å²) in [5.41, 5.74) is 3.42. The van der Waals surface area contributed by atoms with Crippen LogP contribution in [0, 0.1) is 0 Å². The highest BCUT2D eigenvalue weighted by Gasteiger charge is 2.13. The van der Waals surface area contributed by atoms with Crippen LogP contribution in [0.25, 0.3) is 22.4 Å². The fourth-order valence-electron chi connectivity index (χ4n) is 2.77. The number of fused-ring (bicyclic) bond motifs is 1. The van der Waals surface area contributed by atoms with Gasteiger partial charge in [-0.2, -0.15) is 0 Å². The van der Waals surface area contributed by atoms with E-state index < -0.39 is 0 Å². The molecule has 0 spiro atoms. The number of rotatable bonds is 7. The molecule has 0 amide bonds. The van der Waals surface area contributed by atoms with Crippen molar-refractivity contribution in [2.45, 2.75) is 44.6 Å². The molecule has 126 valence electrons. The number of benzene rings is 2. The maximum absolute atomic E-state index is 6.04. The fourth-order valence-corrected chi connectivity index (χ4v) is 3.70. The predicted octanol–water partition coefficient (Wildman–Crippen LogP) is 6.66. The minimum atomic E-state index is 0.758. The van der Waals surface area contributed by atoms with E-state index in [1.165, 1.54) is 23.3 Å². The minimum Gasteiger partial charge on any atom is -0.324 e. The number of nitrogens with zero attached hydrogens (tertiary/aromatic N) is 2. The lowest BCUT2D eigenvalue weighted by atomic mass is 10.2. The van der Waals surface area contributed by atoms with Gasteiger partial charge >= 0.3 is 0 Å². The van der Waals surface area contributed by atoms with E-state index >= 15 is 0 Å². The van der Waals surface area contributed by atoms with Crippen LogP contribution in [0.5, 0.6) is 0 Å². The summed E-state index contributed by atoms with van der Waals surface area (Å²) in [6, 6.07) is 14.6. The summed E-state index contributed by atoms with van der Waals surface area (Å²) in [5.74, 6) is 2.19. The van der Waals surface area contributed by atoms with Gasteiger partial charge in [0.1, 0.15) is 5.82 Å². The van der Waals surface area contributed by atoms with E-state index in [-0.39, 0.29) is 0 Å². The standard InChI is InChI=1S/C20H23ClN2S/c1-3-5-12-23-19-14-17(24-13-4-2)10-11-18(19)22-20(23)15-6-8-16(21)9-7-15/h6-11,14H,3-5,12-13H2,1-2H3. The lowest BCUT2D eigenvalue weighted by molar-refractivity contribution is 0.651. The Morgan fingerprint density at radius 2 is 1.83 bits per heavy atom. The Morgan fingerprint density at radius 3 is 2.54 bits per heavy atom. The van der Waals surface area contributed by atoms with Crippen LogP contribution in [0.4, 0.5) is 0 Å². The molecule has 0 saturated heterocycles. The second kappa shape index (κ2) is 8.09. The first-order valence-corrected chi connectivity index (χ1v) is 9.98. The van der Waals surface area contributed by atoms with Crippen molar-refractivity contribution in [1.82, 2.24) is 9.55 Å². The molecule has 2 nitrogen and oxygen atoms in total. The Hall–Kier alpha value is -1.45. The molecule has 1 heterocycles. The van der Waals surface area contributed by atoms with Crippen LogP contribution in [-0.4, -0.2) is 15.3 Å². The second-order valence-corrected chi connectivity index (χ2v) is 7.55. The zero-order valence-corrected chi connectivity index (χ0v) is 15.8. The van der Waals surface area contributed by atoms with Crippen molar-refractivity contribution >= 4 is 34.4 Å². The summed E-state index contributed by atoms with van der Waals surface area (Å²) in [4.78, 5) is 6.22. The summed E-state index contributed by atoms with van der Waals surface area (Å²) in [7, 11) is 0. The zero-order chi connectivity index (χ0) is 16.9. The van der Waals surface area contributed by atoms with Crippen LogP contribution < -0.4 is 0 Å². The Balaban J connectivity index is 2.08. The molecule has 0 N–H and O–H groups in total. The van der Waals surface area contributed by atoms with E-state index in [9.17, 15) is 0 Å². The van der Waals surface area contributed by atoms with Crippen molar-refractivity contribution < 1.29 is 0 Å². The van der Waals surface area contributed by atoms with E-state index in [0.29, 0.717) is 0 Å². The lowest BCUT2D eigenvalue weighted by Gasteiger charge is -2.09. The molecule has 0 unspecified atom stereocenters. The van der Waals surface area contributed by atoms with Gasteiger partial charge in [-0.3, -0.25) is 0 Å². The molecule has 0 radical (unpaired) electrons. The predicted molar refractivity (Wildman–Crippen MR) is 106 cm³/mol. The number of thioether (sulfide) groups is 1. The maximum Gasteiger partial charge on any atom is 0.141 e. The number of aryl methyl sites for hydroxylation is 1. The summed E-state index contributed by atoms with van der Waals surface area (Å²) < 4.78 is 2.36. The highest BCUT2D eigenvalue weighted by molar-refractivity contribution is 7.99. The maximum atomic E-state index is 6.04. The van der Waals surface area contributed by atoms with Crippen molar-refractivity contribution in [1.29, 1.82) is 0 Å². The zero-order valence-electron chi connectivity index (χ0n) is 14.3. The highest BCUT2D eigenvalue weighted by atomic mass is 35.5. The van der Waals surface area contributed by atoms with Gasteiger partial charge in [-0.15, -0.1) is 11.8 Å². The third kappa shape index (κ3) is 3.79. The molecule has 3 aromatic rings. The molecular weight excluding hydrogens is 336 g/mol. The molecule has 0 aliphatic heterocycles. The summed E-state index contributed by atoms with van der Waals surface area (Å²) >= 11 is 7.96. The molecule has 0 saturated carbocycles. The Labute approximate surface area is 153 Å². The van der Waals surface area contributed by atoms with Gasteiger partial charge < -0.3 is 4.57 Å². The third-order valence-corrected chi connectivity index (χ3v) is 5.48. The van der Waals surface area contributed by atoms with Crippen LogP contribution in [0.15, 0.2) is 47.4 Å². The molecule has 0 fully saturated rings. The summed E-state index contributed by atoms with van der Waals surface area (Å²) in [6.45, 7) is 5.44. The SMILES string of the molecule is CCCCn1c(-c2ccc(Cl)cc2)nc2ccc(SCCC)cc21.